The number of phosphoric ester groups is 1. The molecule has 11 nitrogen and oxygen atoms in total. The minimum Gasteiger partial charge on any atom is -0.390 e. The summed E-state index contributed by atoms with van der Waals surface area (Å²) < 4.78 is 16.6. The van der Waals surface area contributed by atoms with Crippen LogP contribution in [-0.4, -0.2) is 58.3 Å². The zero-order chi connectivity index (χ0) is 16.8. The Labute approximate surface area is 128 Å². The van der Waals surface area contributed by atoms with Crippen molar-refractivity contribution in [2.75, 3.05) is 6.61 Å². The zero-order valence-electron chi connectivity index (χ0n) is 11.7. The Bertz CT molecular complexity index is 814. The van der Waals surface area contributed by atoms with Crippen molar-refractivity contribution in [3.63, 3.8) is 0 Å². The number of aliphatic hydroxyl groups excluding tert-OH is 2. The molecule has 2 aromatic rings. The van der Waals surface area contributed by atoms with Crippen LogP contribution in [0, 0.1) is 5.92 Å². The van der Waals surface area contributed by atoms with Crippen LogP contribution >= 0.6 is 7.82 Å². The monoisotopic (exact) mass is 346 g/mol. The van der Waals surface area contributed by atoms with Crippen LogP contribution < -0.4 is 5.56 Å². The molecule has 12 heteroatoms. The normalized spacial score (nSPS) is 28.5. The fourth-order valence-corrected chi connectivity index (χ4v) is 3.22. The molecule has 4 atom stereocenters. The topological polar surface area (TPSA) is 171 Å². The van der Waals surface area contributed by atoms with Gasteiger partial charge in [0.2, 0.25) is 0 Å². The summed E-state index contributed by atoms with van der Waals surface area (Å²) in [7, 11) is -4.66. The molecule has 0 spiro atoms. The lowest BCUT2D eigenvalue weighted by Crippen LogP contribution is -2.30. The highest BCUT2D eigenvalue weighted by Gasteiger charge is 2.43. The van der Waals surface area contributed by atoms with Gasteiger partial charge in [0.25, 0.3) is 5.56 Å². The molecular formula is C11H15N4O7P. The Hall–Kier alpha value is -1.62. The van der Waals surface area contributed by atoms with Gasteiger partial charge >= 0.3 is 7.82 Å². The number of rotatable bonds is 4. The summed E-state index contributed by atoms with van der Waals surface area (Å²) in [6.07, 6.45) is 0.279. The first-order chi connectivity index (χ1) is 10.8. The van der Waals surface area contributed by atoms with E-state index in [2.05, 4.69) is 19.5 Å². The molecule has 0 radical (unpaired) electrons. The molecule has 1 saturated carbocycles. The molecule has 1 aliphatic carbocycles. The van der Waals surface area contributed by atoms with Crippen molar-refractivity contribution in [3.8, 4) is 0 Å². The average Bonchev–Trinajstić information content (AvgIpc) is 3.01. The Kier molecular flexibility index (Phi) is 4.08. The number of aromatic nitrogens is 4. The number of H-pyrrole nitrogens is 1. The fourth-order valence-electron chi connectivity index (χ4n) is 2.84. The maximum atomic E-state index is 11.6. The van der Waals surface area contributed by atoms with Crippen LogP contribution in [0.5, 0.6) is 0 Å². The molecule has 0 aromatic carbocycles. The third-order valence-electron chi connectivity index (χ3n) is 3.95. The minimum absolute atomic E-state index is 0.101. The van der Waals surface area contributed by atoms with E-state index in [1.54, 1.807) is 0 Å². The lowest BCUT2D eigenvalue weighted by Gasteiger charge is -2.18. The number of nitrogens with one attached hydrogen (secondary N) is 1. The first-order valence-corrected chi connectivity index (χ1v) is 8.27. The zero-order valence-corrected chi connectivity index (χ0v) is 12.6. The van der Waals surface area contributed by atoms with Crippen LogP contribution in [0.25, 0.3) is 11.2 Å². The summed E-state index contributed by atoms with van der Waals surface area (Å²) in [6.45, 7) is -0.403. The summed E-state index contributed by atoms with van der Waals surface area (Å²) in [5, 5.41) is 20.2. The molecule has 0 amide bonds. The molecule has 2 heterocycles. The van der Waals surface area contributed by atoms with E-state index in [0.29, 0.717) is 0 Å². The van der Waals surface area contributed by atoms with Gasteiger partial charge in [-0.15, -0.1) is 0 Å². The van der Waals surface area contributed by atoms with Crippen molar-refractivity contribution in [2.24, 2.45) is 5.92 Å². The van der Waals surface area contributed by atoms with E-state index in [4.69, 9.17) is 9.79 Å². The fraction of sp³-hybridized carbons (Fsp3) is 0.545. The van der Waals surface area contributed by atoms with Crippen molar-refractivity contribution in [1.29, 1.82) is 0 Å². The van der Waals surface area contributed by atoms with Gasteiger partial charge in [0, 0.05) is 5.92 Å². The third kappa shape index (κ3) is 3.07. The molecule has 1 fully saturated rings. The maximum absolute atomic E-state index is 11.6. The highest BCUT2D eigenvalue weighted by Crippen LogP contribution is 2.41. The number of aromatic amines is 1. The van der Waals surface area contributed by atoms with Crippen LogP contribution in [0.4, 0.5) is 0 Å². The predicted octanol–water partition coefficient (Wildman–Crippen LogP) is -1.49. The van der Waals surface area contributed by atoms with E-state index in [1.807, 2.05) is 0 Å². The van der Waals surface area contributed by atoms with Gasteiger partial charge in [0.1, 0.15) is 6.10 Å². The molecule has 23 heavy (non-hydrogen) atoms. The van der Waals surface area contributed by atoms with Gasteiger partial charge in [-0.2, -0.15) is 0 Å². The van der Waals surface area contributed by atoms with E-state index >= 15 is 0 Å². The second-order valence-electron chi connectivity index (χ2n) is 5.39. The Morgan fingerprint density at radius 1 is 1.35 bits per heavy atom. The standard InChI is InChI=1S/C11H15N4O7P/c16-8-5(2-22-23(19,20)21)1-6(9(8)17)15-4-14-7-10(15)12-3-13-11(7)18/h3-6,8-9,16-17H,1-2H2,(H,12,13,18)(H2,19,20,21)/t5-,6-,8-,9+/m1/s1. The molecule has 0 saturated heterocycles. The minimum atomic E-state index is -4.66. The third-order valence-corrected chi connectivity index (χ3v) is 4.44. The summed E-state index contributed by atoms with van der Waals surface area (Å²) in [6, 6.07) is -0.644. The Balaban J connectivity index is 1.87. The molecule has 2 aromatic heterocycles. The van der Waals surface area contributed by atoms with E-state index in [0.717, 1.165) is 0 Å². The lowest BCUT2D eigenvalue weighted by atomic mass is 10.1. The molecule has 0 bridgehead atoms. The highest BCUT2D eigenvalue weighted by atomic mass is 31.2. The molecular weight excluding hydrogens is 331 g/mol. The van der Waals surface area contributed by atoms with E-state index in [1.165, 1.54) is 17.2 Å². The Morgan fingerprint density at radius 2 is 2.09 bits per heavy atom. The van der Waals surface area contributed by atoms with Gasteiger partial charge < -0.3 is 29.6 Å². The first-order valence-electron chi connectivity index (χ1n) is 6.74. The molecule has 126 valence electrons. The number of hydrogen-bond acceptors (Lipinski definition) is 7. The van der Waals surface area contributed by atoms with Crippen molar-refractivity contribution in [2.45, 2.75) is 24.7 Å². The van der Waals surface area contributed by atoms with Crippen LogP contribution in [0.15, 0.2) is 17.4 Å². The number of fused-ring (bicyclic) bond motifs is 1. The second-order valence-corrected chi connectivity index (χ2v) is 6.63. The maximum Gasteiger partial charge on any atom is 0.469 e. The van der Waals surface area contributed by atoms with Gasteiger partial charge in [-0.25, -0.2) is 14.5 Å². The first kappa shape index (κ1) is 16.2. The number of imidazole rings is 1. The Morgan fingerprint density at radius 3 is 2.78 bits per heavy atom. The van der Waals surface area contributed by atoms with Crippen molar-refractivity contribution < 1.29 is 29.1 Å². The number of phosphoric acid groups is 1. The largest absolute Gasteiger partial charge is 0.469 e. The van der Waals surface area contributed by atoms with Crippen LogP contribution in [0.2, 0.25) is 0 Å². The molecule has 0 unspecified atom stereocenters. The molecule has 1 aliphatic rings. The van der Waals surface area contributed by atoms with Crippen LogP contribution in [0.1, 0.15) is 12.5 Å². The van der Waals surface area contributed by atoms with E-state index in [9.17, 15) is 19.6 Å². The predicted molar refractivity (Wildman–Crippen MR) is 75.3 cm³/mol. The summed E-state index contributed by atoms with van der Waals surface area (Å²) in [5.74, 6) is -0.679. The number of hydrogen-bond donors (Lipinski definition) is 5. The highest BCUT2D eigenvalue weighted by molar-refractivity contribution is 7.46. The molecule has 5 N–H and O–H groups in total. The van der Waals surface area contributed by atoms with Gasteiger partial charge in [-0.05, 0) is 6.42 Å². The quantitative estimate of drug-likeness (QED) is 0.414. The summed E-state index contributed by atoms with van der Waals surface area (Å²) >= 11 is 0. The van der Waals surface area contributed by atoms with Gasteiger partial charge in [-0.1, -0.05) is 0 Å². The lowest BCUT2D eigenvalue weighted by molar-refractivity contribution is -0.00374. The van der Waals surface area contributed by atoms with Gasteiger partial charge in [-0.3, -0.25) is 9.32 Å². The number of aliphatic hydroxyl groups is 2. The molecule has 3 rings (SSSR count). The van der Waals surface area contributed by atoms with E-state index < -0.39 is 44.2 Å². The smallest absolute Gasteiger partial charge is 0.390 e. The van der Waals surface area contributed by atoms with E-state index in [-0.39, 0.29) is 17.6 Å². The van der Waals surface area contributed by atoms with Crippen molar-refractivity contribution in [3.05, 3.63) is 23.0 Å². The van der Waals surface area contributed by atoms with Crippen LogP contribution in [-0.2, 0) is 9.09 Å². The molecule has 0 aliphatic heterocycles. The van der Waals surface area contributed by atoms with Crippen molar-refractivity contribution >= 4 is 19.0 Å². The summed E-state index contributed by atoms with van der Waals surface area (Å²) in [4.78, 5) is 39.4. The van der Waals surface area contributed by atoms with Gasteiger partial charge in [0.15, 0.2) is 11.2 Å². The van der Waals surface area contributed by atoms with Gasteiger partial charge in [0.05, 0.1) is 31.4 Å². The van der Waals surface area contributed by atoms with Crippen LogP contribution in [0.3, 0.4) is 0 Å². The SMILES string of the molecule is O=c1[nH]cnc2c1ncn2[C@@H]1C[C@H](COP(=O)(O)O)[C@@H](O)[C@H]1O. The van der Waals surface area contributed by atoms with Crippen molar-refractivity contribution in [1.82, 2.24) is 19.5 Å². The number of nitrogens with zero attached hydrogens (tertiary/aromatic N) is 3. The average molecular weight is 346 g/mol. The summed E-state index contributed by atoms with van der Waals surface area (Å²) in [5.41, 5.74) is -0.0752. The second kappa shape index (κ2) is 5.78.